The number of benzene rings is 2. The third-order valence-corrected chi connectivity index (χ3v) is 3.84. The van der Waals surface area contributed by atoms with Crippen molar-refractivity contribution in [3.8, 4) is 22.9 Å². The Balaban J connectivity index is 2.33. The number of pyridine rings is 1. The van der Waals surface area contributed by atoms with Gasteiger partial charge in [0.2, 0.25) is 0 Å². The summed E-state index contributed by atoms with van der Waals surface area (Å²) in [5, 5.41) is 9.37. The van der Waals surface area contributed by atoms with Crippen molar-refractivity contribution in [2.24, 2.45) is 0 Å². The number of aromatic nitrogens is 1. The smallest absolute Gasteiger partial charge is 0.255 e. The summed E-state index contributed by atoms with van der Waals surface area (Å²) in [7, 11) is 0. The fourth-order valence-electron chi connectivity index (χ4n) is 2.89. The minimum absolute atomic E-state index is 0.0654. The van der Waals surface area contributed by atoms with Crippen LogP contribution in [-0.2, 0) is 0 Å². The van der Waals surface area contributed by atoms with Crippen LogP contribution in [0.5, 0.6) is 0 Å². The summed E-state index contributed by atoms with van der Waals surface area (Å²) >= 11 is 0. The second-order valence-corrected chi connectivity index (χ2v) is 5.52. The summed E-state index contributed by atoms with van der Waals surface area (Å²) < 4.78 is 1.69. The number of rotatable bonds is 2. The van der Waals surface area contributed by atoms with Crippen LogP contribution >= 0.6 is 0 Å². The van der Waals surface area contributed by atoms with Gasteiger partial charge in [0.05, 0.1) is 17.3 Å². The number of nitrogens with zero attached hydrogens (tertiary/aromatic N) is 2. The van der Waals surface area contributed by atoms with Gasteiger partial charge in [-0.1, -0.05) is 36.4 Å². The molecule has 1 heterocycles. The van der Waals surface area contributed by atoms with Gasteiger partial charge in [-0.3, -0.25) is 9.36 Å². The van der Waals surface area contributed by atoms with Crippen LogP contribution in [0.25, 0.3) is 16.8 Å². The predicted molar refractivity (Wildman–Crippen MR) is 91.7 cm³/mol. The summed E-state index contributed by atoms with van der Waals surface area (Å²) in [5.41, 5.74) is 4.84. The second-order valence-electron chi connectivity index (χ2n) is 5.52. The van der Waals surface area contributed by atoms with E-state index in [2.05, 4.69) is 6.07 Å². The standard InChI is InChI=1S/C20H16N2O/c1-14-11-15(2)22(20(23)12-14)19-10-6-5-9-18(19)17-8-4-3-7-16(17)13-21/h3-12H,1-2H3. The Hall–Kier alpha value is -3.12. The van der Waals surface area contributed by atoms with Gasteiger partial charge in [-0.05, 0) is 37.6 Å². The fourth-order valence-corrected chi connectivity index (χ4v) is 2.89. The van der Waals surface area contributed by atoms with Gasteiger partial charge in [-0.25, -0.2) is 0 Å². The average Bonchev–Trinajstić information content (AvgIpc) is 2.54. The summed E-state index contributed by atoms with van der Waals surface area (Å²) in [6.07, 6.45) is 0. The highest BCUT2D eigenvalue weighted by atomic mass is 16.1. The minimum atomic E-state index is -0.0654. The van der Waals surface area contributed by atoms with Gasteiger partial charge < -0.3 is 0 Å². The van der Waals surface area contributed by atoms with Crippen LogP contribution in [0.1, 0.15) is 16.8 Å². The first-order valence-corrected chi connectivity index (χ1v) is 7.41. The maximum atomic E-state index is 12.5. The Kier molecular flexibility index (Phi) is 3.82. The zero-order valence-corrected chi connectivity index (χ0v) is 13.1. The topological polar surface area (TPSA) is 45.8 Å². The predicted octanol–water partition coefficient (Wildman–Crippen LogP) is 3.99. The molecule has 0 bridgehead atoms. The van der Waals surface area contributed by atoms with Crippen molar-refractivity contribution in [1.82, 2.24) is 4.57 Å². The number of aryl methyl sites for hydroxylation is 2. The largest absolute Gasteiger partial charge is 0.281 e. The normalized spacial score (nSPS) is 10.3. The molecule has 3 nitrogen and oxygen atoms in total. The van der Waals surface area contributed by atoms with Gasteiger partial charge in [0.1, 0.15) is 0 Å². The number of nitriles is 1. The Bertz CT molecular complexity index is 977. The van der Waals surface area contributed by atoms with Crippen molar-refractivity contribution in [3.05, 3.63) is 87.8 Å². The first kappa shape index (κ1) is 14.8. The van der Waals surface area contributed by atoms with Crippen LogP contribution in [0.15, 0.2) is 65.5 Å². The van der Waals surface area contributed by atoms with E-state index in [1.54, 1.807) is 16.7 Å². The van der Waals surface area contributed by atoms with Crippen molar-refractivity contribution < 1.29 is 0 Å². The quantitative estimate of drug-likeness (QED) is 0.718. The molecule has 2 aromatic carbocycles. The summed E-state index contributed by atoms with van der Waals surface area (Å²) in [6.45, 7) is 3.83. The van der Waals surface area contributed by atoms with Crippen molar-refractivity contribution >= 4 is 0 Å². The number of para-hydroxylation sites is 1. The highest BCUT2D eigenvalue weighted by molar-refractivity contribution is 5.77. The molecule has 1 aromatic heterocycles. The molecule has 23 heavy (non-hydrogen) atoms. The van der Waals surface area contributed by atoms with Gasteiger partial charge in [-0.2, -0.15) is 5.26 Å². The third-order valence-electron chi connectivity index (χ3n) is 3.84. The molecule has 3 rings (SSSR count). The van der Waals surface area contributed by atoms with Gasteiger partial charge in [0.15, 0.2) is 0 Å². The van der Waals surface area contributed by atoms with Crippen LogP contribution in [-0.4, -0.2) is 4.57 Å². The van der Waals surface area contributed by atoms with Crippen LogP contribution in [0, 0.1) is 25.2 Å². The molecule has 0 N–H and O–H groups in total. The molecule has 3 aromatic rings. The molecular formula is C20H16N2O. The summed E-state index contributed by atoms with van der Waals surface area (Å²) in [6, 6.07) is 20.9. The van der Waals surface area contributed by atoms with Gasteiger partial charge in [0.25, 0.3) is 5.56 Å². The van der Waals surface area contributed by atoms with E-state index < -0.39 is 0 Å². The zero-order chi connectivity index (χ0) is 16.4. The lowest BCUT2D eigenvalue weighted by atomic mass is 9.98. The molecule has 0 saturated carbocycles. The average molecular weight is 300 g/mol. The van der Waals surface area contributed by atoms with E-state index in [4.69, 9.17) is 0 Å². The first-order valence-electron chi connectivity index (χ1n) is 7.41. The molecule has 0 radical (unpaired) electrons. The van der Waals surface area contributed by atoms with Gasteiger partial charge in [-0.15, -0.1) is 0 Å². The van der Waals surface area contributed by atoms with E-state index >= 15 is 0 Å². The SMILES string of the molecule is Cc1cc(C)n(-c2ccccc2-c2ccccc2C#N)c(=O)c1. The second kappa shape index (κ2) is 5.94. The molecule has 0 aliphatic carbocycles. The Morgan fingerprint density at radius 1 is 0.913 bits per heavy atom. The zero-order valence-electron chi connectivity index (χ0n) is 13.1. The molecular weight excluding hydrogens is 284 g/mol. The molecule has 0 atom stereocenters. The van der Waals surface area contributed by atoms with E-state index in [0.29, 0.717) is 5.56 Å². The maximum Gasteiger partial charge on any atom is 0.255 e. The van der Waals surface area contributed by atoms with Crippen LogP contribution in [0.4, 0.5) is 0 Å². The molecule has 0 unspecified atom stereocenters. The van der Waals surface area contributed by atoms with Crippen molar-refractivity contribution in [2.45, 2.75) is 13.8 Å². The lowest BCUT2D eigenvalue weighted by Crippen LogP contribution is -2.20. The highest BCUT2D eigenvalue weighted by Gasteiger charge is 2.12. The molecule has 0 aliphatic heterocycles. The molecule has 112 valence electrons. The summed E-state index contributed by atoms with van der Waals surface area (Å²) in [5.74, 6) is 0. The highest BCUT2D eigenvalue weighted by Crippen LogP contribution is 2.29. The molecule has 0 spiro atoms. The van der Waals surface area contributed by atoms with E-state index in [0.717, 1.165) is 28.1 Å². The van der Waals surface area contributed by atoms with E-state index in [1.165, 1.54) is 0 Å². The lowest BCUT2D eigenvalue weighted by Gasteiger charge is -2.16. The first-order chi connectivity index (χ1) is 11.1. The maximum absolute atomic E-state index is 12.5. The van der Waals surface area contributed by atoms with Crippen molar-refractivity contribution in [3.63, 3.8) is 0 Å². The number of hydrogen-bond acceptors (Lipinski definition) is 2. The fraction of sp³-hybridized carbons (Fsp3) is 0.100. The van der Waals surface area contributed by atoms with Crippen LogP contribution in [0.2, 0.25) is 0 Å². The molecule has 3 heteroatoms. The van der Waals surface area contributed by atoms with Crippen molar-refractivity contribution in [1.29, 1.82) is 5.26 Å². The number of hydrogen-bond donors (Lipinski definition) is 0. The van der Waals surface area contributed by atoms with E-state index in [-0.39, 0.29) is 5.56 Å². The Morgan fingerprint density at radius 2 is 1.57 bits per heavy atom. The van der Waals surface area contributed by atoms with E-state index in [1.807, 2.05) is 62.4 Å². The van der Waals surface area contributed by atoms with E-state index in [9.17, 15) is 10.1 Å². The van der Waals surface area contributed by atoms with Crippen molar-refractivity contribution in [2.75, 3.05) is 0 Å². The van der Waals surface area contributed by atoms with Gasteiger partial charge >= 0.3 is 0 Å². The lowest BCUT2D eigenvalue weighted by molar-refractivity contribution is 0.929. The monoisotopic (exact) mass is 300 g/mol. The molecule has 0 amide bonds. The Labute approximate surface area is 135 Å². The molecule has 0 aliphatic rings. The van der Waals surface area contributed by atoms with Gasteiger partial charge in [0, 0.05) is 22.9 Å². The third kappa shape index (κ3) is 2.67. The summed E-state index contributed by atoms with van der Waals surface area (Å²) in [4.78, 5) is 12.5. The molecule has 0 fully saturated rings. The minimum Gasteiger partial charge on any atom is -0.281 e. The Morgan fingerprint density at radius 3 is 2.26 bits per heavy atom. The molecule has 0 saturated heterocycles. The van der Waals surface area contributed by atoms with Crippen LogP contribution < -0.4 is 5.56 Å². The van der Waals surface area contributed by atoms with Crippen LogP contribution in [0.3, 0.4) is 0 Å².